The highest BCUT2D eigenvalue weighted by molar-refractivity contribution is 6.37. The molecule has 186 valence electrons. The van der Waals surface area contributed by atoms with Gasteiger partial charge in [-0.2, -0.15) is 8.78 Å². The molecule has 0 fully saturated rings. The van der Waals surface area contributed by atoms with E-state index in [2.05, 4.69) is 4.74 Å². The lowest BCUT2D eigenvalue weighted by Gasteiger charge is -2.12. The molecule has 1 aliphatic rings. The highest BCUT2D eigenvalue weighted by atomic mass is 35.5. The van der Waals surface area contributed by atoms with Crippen molar-refractivity contribution in [3.05, 3.63) is 91.9 Å². The fraction of sp³-hybridized carbons (Fsp3) is 0.0833. The van der Waals surface area contributed by atoms with Crippen molar-refractivity contribution < 1.29 is 45.8 Å². The number of Topliss-reactive ketones (excluding diaryl/α,β-unsaturated/α-hetero) is 1. The first-order chi connectivity index (χ1) is 17.0. The van der Waals surface area contributed by atoms with Crippen LogP contribution in [-0.4, -0.2) is 18.4 Å². The Bertz CT molecular complexity index is 1420. The molecule has 0 saturated carbocycles. The number of benzene rings is 3. The summed E-state index contributed by atoms with van der Waals surface area (Å²) >= 11 is 12.3. The molecule has 0 bridgehead atoms. The lowest BCUT2D eigenvalue weighted by atomic mass is 10.1. The van der Waals surface area contributed by atoms with Gasteiger partial charge in [0.2, 0.25) is 34.9 Å². The number of rotatable bonds is 5. The first-order valence-electron chi connectivity index (χ1n) is 9.88. The van der Waals surface area contributed by atoms with E-state index >= 15 is 0 Å². The molecule has 1 aliphatic heterocycles. The second-order valence-corrected chi connectivity index (χ2v) is 8.12. The molecule has 3 aromatic carbocycles. The highest BCUT2D eigenvalue weighted by Crippen LogP contribution is 2.40. The van der Waals surface area contributed by atoms with Crippen LogP contribution in [-0.2, 0) is 4.79 Å². The minimum atomic E-state index is -2.37. The molecule has 0 atom stereocenters. The normalized spacial score (nSPS) is 13.6. The van der Waals surface area contributed by atoms with E-state index in [-0.39, 0.29) is 38.4 Å². The number of carbonyl (C=O) groups is 2. The Labute approximate surface area is 209 Å². The van der Waals surface area contributed by atoms with Crippen LogP contribution in [0.15, 0.2) is 36.1 Å². The van der Waals surface area contributed by atoms with Crippen molar-refractivity contribution >= 4 is 41.0 Å². The summed E-state index contributed by atoms with van der Waals surface area (Å²) < 4.78 is 82.3. The average Bonchev–Trinajstić information content (AvgIpc) is 3.16. The molecule has 36 heavy (non-hydrogen) atoms. The Morgan fingerprint density at radius 3 is 2.14 bits per heavy atom. The van der Waals surface area contributed by atoms with E-state index in [1.54, 1.807) is 18.2 Å². The predicted molar refractivity (Wildman–Crippen MR) is 118 cm³/mol. The number of hydrogen-bond acceptors (Lipinski definition) is 5. The maximum absolute atomic E-state index is 13.7. The summed E-state index contributed by atoms with van der Waals surface area (Å²) in [6, 6.07) is 7.34. The van der Waals surface area contributed by atoms with E-state index in [0.717, 1.165) is 0 Å². The molecule has 4 rings (SSSR count). The van der Waals surface area contributed by atoms with E-state index in [0.29, 0.717) is 5.56 Å². The smallest absolute Gasteiger partial charge is 0.349 e. The molecule has 0 amide bonds. The molecule has 0 saturated heterocycles. The summed E-state index contributed by atoms with van der Waals surface area (Å²) in [4.78, 5) is 24.9. The van der Waals surface area contributed by atoms with Crippen molar-refractivity contribution in [3.63, 3.8) is 0 Å². The Hall–Kier alpha value is -3.63. The average molecular weight is 545 g/mol. The van der Waals surface area contributed by atoms with Gasteiger partial charge >= 0.3 is 5.97 Å². The minimum Gasteiger partial charge on any atom is -0.476 e. The van der Waals surface area contributed by atoms with Crippen molar-refractivity contribution in [2.75, 3.05) is 6.61 Å². The number of esters is 1. The number of fused-ring (bicyclic) bond motifs is 1. The summed E-state index contributed by atoms with van der Waals surface area (Å²) in [7, 11) is 0. The minimum absolute atomic E-state index is 0.0698. The van der Waals surface area contributed by atoms with Crippen molar-refractivity contribution in [1.29, 1.82) is 0 Å². The fourth-order valence-electron chi connectivity index (χ4n) is 3.25. The first-order valence-corrected chi connectivity index (χ1v) is 10.6. The molecule has 5 nitrogen and oxygen atoms in total. The fourth-order valence-corrected chi connectivity index (χ4v) is 3.76. The van der Waals surface area contributed by atoms with Gasteiger partial charge in [0.25, 0.3) is 0 Å². The maximum atomic E-state index is 13.7. The summed E-state index contributed by atoms with van der Waals surface area (Å²) in [6.45, 7) is 0.274. The largest absolute Gasteiger partial charge is 0.476 e. The SMILES string of the molecule is Cc1c(OC(=O)COc2c(F)c(F)c(F)c(F)c2F)ccc2c1O/C(=C\c1c(Cl)cccc1Cl)C2=O. The highest BCUT2D eigenvalue weighted by Gasteiger charge is 2.31. The lowest BCUT2D eigenvalue weighted by Crippen LogP contribution is -2.20. The number of ether oxygens (including phenoxy) is 3. The molecular formula is C24H11Cl2F5O5. The summed E-state index contributed by atoms with van der Waals surface area (Å²) in [5, 5.41) is 0.560. The van der Waals surface area contributed by atoms with Gasteiger partial charge in [-0.05, 0) is 37.3 Å². The van der Waals surface area contributed by atoms with E-state index in [4.69, 9.17) is 32.7 Å². The van der Waals surface area contributed by atoms with Gasteiger partial charge in [0.05, 0.1) is 5.56 Å². The monoisotopic (exact) mass is 544 g/mol. The first kappa shape index (κ1) is 25.5. The third-order valence-corrected chi connectivity index (χ3v) is 5.70. The number of allylic oxidation sites excluding steroid dienone is 1. The van der Waals surface area contributed by atoms with Crippen LogP contribution < -0.4 is 14.2 Å². The van der Waals surface area contributed by atoms with E-state index in [9.17, 15) is 31.5 Å². The zero-order valence-corrected chi connectivity index (χ0v) is 19.4. The summed E-state index contributed by atoms with van der Waals surface area (Å²) in [5.74, 6) is -14.8. The van der Waals surface area contributed by atoms with Crippen LogP contribution in [0.25, 0.3) is 6.08 Å². The van der Waals surface area contributed by atoms with Gasteiger partial charge in [-0.15, -0.1) is 0 Å². The van der Waals surface area contributed by atoms with Gasteiger partial charge in [0, 0.05) is 21.2 Å². The third kappa shape index (κ3) is 4.49. The number of hydrogen-bond donors (Lipinski definition) is 0. The molecule has 0 N–H and O–H groups in total. The zero-order chi connectivity index (χ0) is 26.3. The van der Waals surface area contributed by atoms with Crippen LogP contribution in [0, 0.1) is 36.0 Å². The van der Waals surface area contributed by atoms with Gasteiger partial charge < -0.3 is 14.2 Å². The van der Waals surface area contributed by atoms with Crippen LogP contribution in [0.3, 0.4) is 0 Å². The molecule has 1 heterocycles. The molecule has 0 radical (unpaired) electrons. The standard InChI is InChI=1S/C24H11Cl2F5O5/c1-9-14(35-16(32)8-34-24-20(30)18(28)17(27)19(29)21(24)31)6-5-10-22(33)15(36-23(9)10)7-11-12(25)3-2-4-13(11)26/h2-7H,8H2,1H3/b15-7-. The van der Waals surface area contributed by atoms with E-state index in [1.165, 1.54) is 25.1 Å². The second kappa shape index (κ2) is 9.79. The van der Waals surface area contributed by atoms with Crippen molar-refractivity contribution in [1.82, 2.24) is 0 Å². The Morgan fingerprint density at radius 1 is 0.944 bits per heavy atom. The number of carbonyl (C=O) groups excluding carboxylic acids is 2. The van der Waals surface area contributed by atoms with Crippen molar-refractivity contribution in [2.45, 2.75) is 6.92 Å². The van der Waals surface area contributed by atoms with Crippen LogP contribution >= 0.6 is 23.2 Å². The molecule has 0 aliphatic carbocycles. The van der Waals surface area contributed by atoms with Crippen molar-refractivity contribution in [3.8, 4) is 17.2 Å². The Kier molecular flexibility index (Phi) is 6.92. The topological polar surface area (TPSA) is 61.8 Å². The van der Waals surface area contributed by atoms with Gasteiger partial charge in [-0.3, -0.25) is 4.79 Å². The molecule has 12 heteroatoms. The quantitative estimate of drug-likeness (QED) is 0.0904. The van der Waals surface area contributed by atoms with E-state index < -0.39 is 53.2 Å². The molecule has 3 aromatic rings. The van der Waals surface area contributed by atoms with Gasteiger partial charge in [-0.25, -0.2) is 18.0 Å². The van der Waals surface area contributed by atoms with Crippen molar-refractivity contribution in [2.24, 2.45) is 0 Å². The summed E-state index contributed by atoms with van der Waals surface area (Å²) in [5.41, 5.74) is 0.713. The molecular weight excluding hydrogens is 534 g/mol. The molecule has 0 aromatic heterocycles. The number of halogens is 7. The maximum Gasteiger partial charge on any atom is 0.349 e. The number of ketones is 1. The van der Waals surface area contributed by atoms with Gasteiger partial charge in [0.15, 0.2) is 18.1 Å². The predicted octanol–water partition coefficient (Wildman–Crippen LogP) is 6.60. The second-order valence-electron chi connectivity index (χ2n) is 7.30. The third-order valence-electron chi connectivity index (χ3n) is 5.04. The van der Waals surface area contributed by atoms with Gasteiger partial charge in [0.1, 0.15) is 11.5 Å². The zero-order valence-electron chi connectivity index (χ0n) is 17.9. The van der Waals surface area contributed by atoms with Crippen LogP contribution in [0.5, 0.6) is 17.2 Å². The van der Waals surface area contributed by atoms with E-state index in [1.807, 2.05) is 0 Å². The molecule has 0 unspecified atom stereocenters. The van der Waals surface area contributed by atoms with Gasteiger partial charge in [-0.1, -0.05) is 29.3 Å². The van der Waals surface area contributed by atoms with Crippen LogP contribution in [0.2, 0.25) is 10.0 Å². The van der Waals surface area contributed by atoms with Crippen LogP contribution in [0.4, 0.5) is 22.0 Å². The lowest BCUT2D eigenvalue weighted by molar-refractivity contribution is -0.136. The molecule has 0 spiro atoms. The summed E-state index contributed by atoms with van der Waals surface area (Å²) in [6.07, 6.45) is 1.36. The Morgan fingerprint density at radius 2 is 1.53 bits per heavy atom. The Balaban J connectivity index is 1.53. The van der Waals surface area contributed by atoms with Crippen LogP contribution in [0.1, 0.15) is 21.5 Å².